The summed E-state index contributed by atoms with van der Waals surface area (Å²) in [5.74, 6) is -0.0668. The molecule has 6 heteroatoms. The molecular weight excluding hydrogens is 252 g/mol. The van der Waals surface area contributed by atoms with E-state index in [4.69, 9.17) is 9.47 Å². The van der Waals surface area contributed by atoms with Gasteiger partial charge in [-0.3, -0.25) is 4.79 Å². The quantitative estimate of drug-likeness (QED) is 0.881. The Labute approximate surface area is 111 Å². The third-order valence-corrected chi connectivity index (χ3v) is 3.96. The highest BCUT2D eigenvalue weighted by molar-refractivity contribution is 7.13. The molecule has 18 heavy (non-hydrogen) atoms. The number of amides is 1. The molecule has 0 spiro atoms. The second kappa shape index (κ2) is 6.26. The van der Waals surface area contributed by atoms with Gasteiger partial charge >= 0.3 is 0 Å². The molecule has 1 N–H and O–H groups in total. The van der Waals surface area contributed by atoms with Crippen LogP contribution in [0.2, 0.25) is 0 Å². The van der Waals surface area contributed by atoms with E-state index in [0.29, 0.717) is 18.0 Å². The molecule has 0 aromatic carbocycles. The Bertz CT molecular complexity index is 413. The van der Waals surface area contributed by atoms with E-state index in [2.05, 4.69) is 10.3 Å². The van der Waals surface area contributed by atoms with E-state index in [9.17, 15) is 4.79 Å². The SMILES string of the molecule is COCc1nc(C)c(C(=O)NCC2CCCO2)s1. The van der Waals surface area contributed by atoms with Gasteiger partial charge in [-0.1, -0.05) is 0 Å². The molecule has 2 heterocycles. The van der Waals surface area contributed by atoms with Gasteiger partial charge in [0, 0.05) is 20.3 Å². The lowest BCUT2D eigenvalue weighted by molar-refractivity contribution is 0.0860. The number of nitrogens with one attached hydrogen (secondary N) is 1. The second-order valence-corrected chi connectivity index (χ2v) is 5.38. The summed E-state index contributed by atoms with van der Waals surface area (Å²) in [6.45, 7) is 3.68. The Balaban J connectivity index is 1.91. The van der Waals surface area contributed by atoms with E-state index in [1.807, 2.05) is 6.92 Å². The largest absolute Gasteiger partial charge is 0.378 e. The summed E-state index contributed by atoms with van der Waals surface area (Å²) >= 11 is 1.39. The maximum Gasteiger partial charge on any atom is 0.263 e. The van der Waals surface area contributed by atoms with Crippen LogP contribution < -0.4 is 5.32 Å². The second-order valence-electron chi connectivity index (χ2n) is 4.30. The number of carbonyl (C=O) groups is 1. The van der Waals surface area contributed by atoms with Crippen LogP contribution in [-0.2, 0) is 16.1 Å². The topological polar surface area (TPSA) is 60.5 Å². The number of nitrogens with zero attached hydrogens (tertiary/aromatic N) is 1. The zero-order chi connectivity index (χ0) is 13.0. The number of thiazole rings is 1. The predicted octanol–water partition coefficient (Wildman–Crippen LogP) is 1.51. The molecule has 1 aliphatic heterocycles. The summed E-state index contributed by atoms with van der Waals surface area (Å²) in [7, 11) is 1.62. The molecule has 1 atom stereocenters. The summed E-state index contributed by atoms with van der Waals surface area (Å²) in [6.07, 6.45) is 2.27. The molecule has 0 aliphatic carbocycles. The van der Waals surface area contributed by atoms with Gasteiger partial charge < -0.3 is 14.8 Å². The van der Waals surface area contributed by atoms with Crippen molar-refractivity contribution in [2.75, 3.05) is 20.3 Å². The van der Waals surface area contributed by atoms with Crippen molar-refractivity contribution in [1.82, 2.24) is 10.3 Å². The first-order valence-electron chi connectivity index (χ1n) is 6.05. The number of methoxy groups -OCH3 is 1. The number of aromatic nitrogens is 1. The molecule has 2 rings (SSSR count). The van der Waals surface area contributed by atoms with Crippen molar-refractivity contribution in [3.05, 3.63) is 15.6 Å². The van der Waals surface area contributed by atoms with Crippen LogP contribution in [0.5, 0.6) is 0 Å². The van der Waals surface area contributed by atoms with Gasteiger partial charge in [-0.2, -0.15) is 0 Å². The van der Waals surface area contributed by atoms with Crippen LogP contribution in [0.25, 0.3) is 0 Å². The summed E-state index contributed by atoms with van der Waals surface area (Å²) < 4.78 is 10.5. The number of aryl methyl sites for hydroxylation is 1. The third-order valence-electron chi connectivity index (χ3n) is 2.83. The van der Waals surface area contributed by atoms with Crippen molar-refractivity contribution in [3.63, 3.8) is 0 Å². The molecule has 0 saturated carbocycles. The highest BCUT2D eigenvalue weighted by Gasteiger charge is 2.19. The van der Waals surface area contributed by atoms with Crippen molar-refractivity contribution in [2.24, 2.45) is 0 Å². The number of carbonyl (C=O) groups excluding carboxylic acids is 1. The number of hydrogen-bond donors (Lipinski definition) is 1. The van der Waals surface area contributed by atoms with E-state index >= 15 is 0 Å². The Morgan fingerprint density at radius 1 is 1.67 bits per heavy atom. The maximum absolute atomic E-state index is 12.0. The van der Waals surface area contributed by atoms with Gasteiger partial charge in [0.2, 0.25) is 0 Å². The zero-order valence-electron chi connectivity index (χ0n) is 10.7. The van der Waals surface area contributed by atoms with Gasteiger partial charge in [0.05, 0.1) is 18.4 Å². The average Bonchev–Trinajstić information content (AvgIpc) is 2.96. The van der Waals surface area contributed by atoms with Gasteiger partial charge in [-0.05, 0) is 19.8 Å². The molecule has 0 radical (unpaired) electrons. The van der Waals surface area contributed by atoms with Crippen molar-refractivity contribution in [3.8, 4) is 0 Å². The molecule has 1 aromatic rings. The van der Waals surface area contributed by atoms with Crippen molar-refractivity contribution in [2.45, 2.75) is 32.5 Å². The molecule has 1 aromatic heterocycles. The van der Waals surface area contributed by atoms with Crippen LogP contribution in [0.1, 0.15) is 33.2 Å². The Hall–Kier alpha value is -0.980. The van der Waals surface area contributed by atoms with Crippen LogP contribution >= 0.6 is 11.3 Å². The highest BCUT2D eigenvalue weighted by Crippen LogP contribution is 2.19. The molecule has 0 bridgehead atoms. The minimum Gasteiger partial charge on any atom is -0.378 e. The minimum absolute atomic E-state index is 0.0668. The minimum atomic E-state index is -0.0668. The van der Waals surface area contributed by atoms with Crippen molar-refractivity contribution < 1.29 is 14.3 Å². The maximum atomic E-state index is 12.0. The molecule has 1 fully saturated rings. The number of ether oxygens (including phenoxy) is 2. The third kappa shape index (κ3) is 3.28. The lowest BCUT2D eigenvalue weighted by atomic mass is 10.2. The van der Waals surface area contributed by atoms with Gasteiger partial charge in [0.15, 0.2) is 0 Å². The van der Waals surface area contributed by atoms with Crippen LogP contribution in [0, 0.1) is 6.92 Å². The first kappa shape index (κ1) is 13.5. The normalized spacial score (nSPS) is 19.1. The van der Waals surface area contributed by atoms with E-state index in [-0.39, 0.29) is 12.0 Å². The highest BCUT2D eigenvalue weighted by atomic mass is 32.1. The van der Waals surface area contributed by atoms with E-state index in [0.717, 1.165) is 30.2 Å². The molecule has 5 nitrogen and oxygen atoms in total. The monoisotopic (exact) mass is 270 g/mol. The summed E-state index contributed by atoms with van der Waals surface area (Å²) in [4.78, 5) is 17.0. The summed E-state index contributed by atoms with van der Waals surface area (Å²) in [5, 5.41) is 3.73. The first-order chi connectivity index (χ1) is 8.70. The standard InChI is InChI=1S/C12H18N2O3S/c1-8-11(18-10(14-8)7-16-2)12(15)13-6-9-4-3-5-17-9/h9H,3-7H2,1-2H3,(H,13,15). The summed E-state index contributed by atoms with van der Waals surface area (Å²) in [5.41, 5.74) is 0.761. The molecule has 1 aliphatic rings. The molecule has 100 valence electrons. The van der Waals surface area contributed by atoms with Gasteiger partial charge in [0.1, 0.15) is 9.88 Å². The fourth-order valence-electron chi connectivity index (χ4n) is 1.94. The van der Waals surface area contributed by atoms with E-state index in [1.54, 1.807) is 7.11 Å². The van der Waals surface area contributed by atoms with Gasteiger partial charge in [-0.25, -0.2) is 4.98 Å². The molecule has 1 saturated heterocycles. The molecular formula is C12H18N2O3S. The van der Waals surface area contributed by atoms with Crippen LogP contribution in [0.3, 0.4) is 0 Å². The fourth-order valence-corrected chi connectivity index (χ4v) is 2.89. The van der Waals surface area contributed by atoms with E-state index < -0.39 is 0 Å². The average molecular weight is 270 g/mol. The van der Waals surface area contributed by atoms with Crippen LogP contribution in [-0.4, -0.2) is 37.3 Å². The fraction of sp³-hybridized carbons (Fsp3) is 0.667. The van der Waals surface area contributed by atoms with E-state index in [1.165, 1.54) is 11.3 Å². The lowest BCUT2D eigenvalue weighted by Gasteiger charge is -2.09. The predicted molar refractivity (Wildman–Crippen MR) is 68.9 cm³/mol. The number of hydrogen-bond acceptors (Lipinski definition) is 5. The van der Waals surface area contributed by atoms with Crippen molar-refractivity contribution >= 4 is 17.2 Å². The van der Waals surface area contributed by atoms with Gasteiger partial charge in [0.25, 0.3) is 5.91 Å². The zero-order valence-corrected chi connectivity index (χ0v) is 11.5. The number of rotatable bonds is 5. The molecule has 1 unspecified atom stereocenters. The smallest absolute Gasteiger partial charge is 0.263 e. The van der Waals surface area contributed by atoms with Crippen LogP contribution in [0.4, 0.5) is 0 Å². The van der Waals surface area contributed by atoms with Crippen LogP contribution in [0.15, 0.2) is 0 Å². The van der Waals surface area contributed by atoms with Crippen molar-refractivity contribution in [1.29, 1.82) is 0 Å². The summed E-state index contributed by atoms with van der Waals surface area (Å²) in [6, 6.07) is 0. The lowest BCUT2D eigenvalue weighted by Crippen LogP contribution is -2.31. The molecule has 1 amide bonds. The Morgan fingerprint density at radius 2 is 2.50 bits per heavy atom. The Kier molecular flexibility index (Phi) is 4.68. The first-order valence-corrected chi connectivity index (χ1v) is 6.87. The Morgan fingerprint density at radius 3 is 3.17 bits per heavy atom. The van der Waals surface area contributed by atoms with Gasteiger partial charge in [-0.15, -0.1) is 11.3 Å².